The summed E-state index contributed by atoms with van der Waals surface area (Å²) in [4.78, 5) is 39.2. The summed E-state index contributed by atoms with van der Waals surface area (Å²) >= 11 is 4.90. The van der Waals surface area contributed by atoms with E-state index >= 15 is 0 Å². The first-order valence-corrected chi connectivity index (χ1v) is 9.73. The van der Waals surface area contributed by atoms with E-state index in [0.717, 1.165) is 33.5 Å². The summed E-state index contributed by atoms with van der Waals surface area (Å²) in [6.07, 6.45) is 3.56. The van der Waals surface area contributed by atoms with Gasteiger partial charge in [0.05, 0.1) is 6.54 Å². The van der Waals surface area contributed by atoms with E-state index < -0.39 is 11.6 Å². The van der Waals surface area contributed by atoms with Gasteiger partial charge >= 0.3 is 6.03 Å². The highest BCUT2D eigenvalue weighted by Crippen LogP contribution is 2.38. The van der Waals surface area contributed by atoms with E-state index in [1.807, 2.05) is 18.4 Å². The number of hydrogen-bond acceptors (Lipinski definition) is 4. The molecule has 1 saturated heterocycles. The van der Waals surface area contributed by atoms with Crippen LogP contribution in [0.4, 0.5) is 4.79 Å². The Bertz CT molecular complexity index is 677. The Labute approximate surface area is 153 Å². The van der Waals surface area contributed by atoms with Crippen molar-refractivity contribution in [3.8, 4) is 0 Å². The molecule has 6 nitrogen and oxygen atoms in total. The average molecular weight is 414 g/mol. The van der Waals surface area contributed by atoms with Crippen LogP contribution in [0.5, 0.6) is 0 Å². The maximum absolute atomic E-state index is 12.8. The molecule has 3 rings (SSSR count). The second-order valence-electron chi connectivity index (χ2n) is 6.45. The third-order valence-electron chi connectivity index (χ3n) is 4.88. The fourth-order valence-corrected chi connectivity index (χ4v) is 4.86. The van der Waals surface area contributed by atoms with Crippen LogP contribution in [-0.2, 0) is 16.1 Å². The Morgan fingerprint density at radius 3 is 2.96 bits per heavy atom. The van der Waals surface area contributed by atoms with Gasteiger partial charge in [-0.2, -0.15) is 0 Å². The van der Waals surface area contributed by atoms with E-state index in [2.05, 4.69) is 26.6 Å². The van der Waals surface area contributed by atoms with Gasteiger partial charge in [-0.1, -0.05) is 19.8 Å². The Morgan fingerprint density at radius 1 is 1.50 bits per heavy atom. The second kappa shape index (κ2) is 6.84. The van der Waals surface area contributed by atoms with Gasteiger partial charge in [-0.15, -0.1) is 11.3 Å². The molecule has 2 heterocycles. The average Bonchev–Trinajstić information content (AvgIpc) is 3.06. The zero-order valence-corrected chi connectivity index (χ0v) is 15.8. The highest BCUT2D eigenvalue weighted by atomic mass is 79.9. The molecule has 2 fully saturated rings. The lowest BCUT2D eigenvalue weighted by Gasteiger charge is -2.36. The predicted octanol–water partition coefficient (Wildman–Crippen LogP) is 2.63. The predicted molar refractivity (Wildman–Crippen MR) is 94.5 cm³/mol. The van der Waals surface area contributed by atoms with Crippen LogP contribution in [0, 0.1) is 5.92 Å². The van der Waals surface area contributed by atoms with E-state index in [1.54, 1.807) is 0 Å². The van der Waals surface area contributed by atoms with Crippen LogP contribution in [0.3, 0.4) is 0 Å². The summed E-state index contributed by atoms with van der Waals surface area (Å²) in [6, 6.07) is 1.47. The van der Waals surface area contributed by atoms with Crippen LogP contribution in [0.15, 0.2) is 15.9 Å². The van der Waals surface area contributed by atoms with Gasteiger partial charge in [0.15, 0.2) is 0 Å². The van der Waals surface area contributed by atoms with E-state index in [0.29, 0.717) is 13.0 Å². The first kappa shape index (κ1) is 17.4. The Kier molecular flexibility index (Phi) is 4.96. The van der Waals surface area contributed by atoms with Crippen LogP contribution >= 0.6 is 27.3 Å². The molecule has 0 aromatic carbocycles. The molecule has 8 heteroatoms. The number of amides is 4. The number of urea groups is 1. The standard InChI is InChI=1S/C16H20BrN3O3S/c1-10-4-2-3-5-16(10)14(22)20(15(23)19-16)8-13(21)18-7-12-6-11(17)9-24-12/h6,9-10H,2-5,7-8H2,1H3,(H,18,21)(H,19,23). The normalized spacial score (nSPS) is 26.8. The van der Waals surface area contributed by atoms with Crippen LogP contribution in [0.25, 0.3) is 0 Å². The fraction of sp³-hybridized carbons (Fsp3) is 0.562. The van der Waals surface area contributed by atoms with Crippen molar-refractivity contribution < 1.29 is 14.4 Å². The highest BCUT2D eigenvalue weighted by molar-refractivity contribution is 9.10. The summed E-state index contributed by atoms with van der Waals surface area (Å²) in [5.74, 6) is -0.489. The molecular formula is C16H20BrN3O3S. The van der Waals surface area contributed by atoms with Gasteiger partial charge in [-0.05, 0) is 40.8 Å². The maximum atomic E-state index is 12.8. The molecule has 130 valence electrons. The van der Waals surface area contributed by atoms with Crippen molar-refractivity contribution in [1.82, 2.24) is 15.5 Å². The topological polar surface area (TPSA) is 78.5 Å². The van der Waals surface area contributed by atoms with Crippen molar-refractivity contribution in [2.45, 2.75) is 44.7 Å². The maximum Gasteiger partial charge on any atom is 0.325 e. The number of nitrogens with one attached hydrogen (secondary N) is 2. The van der Waals surface area contributed by atoms with Gasteiger partial charge in [0.2, 0.25) is 5.91 Å². The van der Waals surface area contributed by atoms with E-state index in [9.17, 15) is 14.4 Å². The minimum Gasteiger partial charge on any atom is -0.350 e. The smallest absolute Gasteiger partial charge is 0.325 e. The van der Waals surface area contributed by atoms with Crippen molar-refractivity contribution >= 4 is 45.1 Å². The Morgan fingerprint density at radius 2 is 2.29 bits per heavy atom. The summed E-state index contributed by atoms with van der Waals surface area (Å²) in [5, 5.41) is 7.55. The largest absolute Gasteiger partial charge is 0.350 e. The zero-order chi connectivity index (χ0) is 17.3. The number of thiophene rings is 1. The van der Waals surface area contributed by atoms with Gasteiger partial charge in [-0.3, -0.25) is 14.5 Å². The van der Waals surface area contributed by atoms with Crippen LogP contribution in [0.2, 0.25) is 0 Å². The van der Waals surface area contributed by atoms with E-state index in [1.165, 1.54) is 11.3 Å². The second-order valence-corrected chi connectivity index (χ2v) is 8.36. The van der Waals surface area contributed by atoms with Crippen LogP contribution in [-0.4, -0.2) is 34.8 Å². The third-order valence-corrected chi connectivity index (χ3v) is 6.58. The molecule has 2 aliphatic rings. The summed E-state index contributed by atoms with van der Waals surface area (Å²) < 4.78 is 0.971. The number of imide groups is 1. The molecule has 1 spiro atoms. The van der Waals surface area contributed by atoms with Crippen molar-refractivity contribution in [3.63, 3.8) is 0 Å². The van der Waals surface area contributed by atoms with Crippen LogP contribution in [0.1, 0.15) is 37.5 Å². The van der Waals surface area contributed by atoms with Gasteiger partial charge in [-0.25, -0.2) is 4.79 Å². The lowest BCUT2D eigenvalue weighted by atomic mass is 9.73. The summed E-state index contributed by atoms with van der Waals surface area (Å²) in [6.45, 7) is 2.15. The van der Waals surface area contributed by atoms with Crippen molar-refractivity contribution in [2.24, 2.45) is 5.92 Å². The van der Waals surface area contributed by atoms with E-state index in [-0.39, 0.29) is 24.3 Å². The van der Waals surface area contributed by atoms with E-state index in [4.69, 9.17) is 0 Å². The number of halogens is 1. The van der Waals surface area contributed by atoms with Crippen molar-refractivity contribution in [3.05, 3.63) is 20.8 Å². The molecule has 1 aliphatic heterocycles. The van der Waals surface area contributed by atoms with Gasteiger partial charge in [0.25, 0.3) is 5.91 Å². The number of hydrogen-bond donors (Lipinski definition) is 2. The summed E-state index contributed by atoms with van der Waals surface area (Å²) in [5.41, 5.74) is -0.811. The molecule has 1 aromatic rings. The highest BCUT2D eigenvalue weighted by Gasteiger charge is 2.55. The fourth-order valence-electron chi connectivity index (χ4n) is 3.47. The van der Waals surface area contributed by atoms with Gasteiger partial charge < -0.3 is 10.6 Å². The lowest BCUT2D eigenvalue weighted by molar-refractivity contribution is -0.137. The molecule has 1 aliphatic carbocycles. The molecule has 2 atom stereocenters. The molecule has 2 N–H and O–H groups in total. The minimum atomic E-state index is -0.811. The number of rotatable bonds is 4. The lowest BCUT2D eigenvalue weighted by Crippen LogP contribution is -2.54. The van der Waals surface area contributed by atoms with Crippen molar-refractivity contribution in [1.29, 1.82) is 0 Å². The first-order valence-electron chi connectivity index (χ1n) is 8.06. The number of carbonyl (C=O) groups excluding carboxylic acids is 3. The molecule has 24 heavy (non-hydrogen) atoms. The molecule has 0 radical (unpaired) electrons. The van der Waals surface area contributed by atoms with Gasteiger partial charge in [0.1, 0.15) is 12.1 Å². The first-order chi connectivity index (χ1) is 11.4. The zero-order valence-electron chi connectivity index (χ0n) is 13.4. The molecule has 1 aromatic heterocycles. The summed E-state index contributed by atoms with van der Waals surface area (Å²) in [7, 11) is 0. The SMILES string of the molecule is CC1CCCCC12NC(=O)N(CC(=O)NCc1cc(Br)cs1)C2=O. The van der Waals surface area contributed by atoms with Crippen molar-refractivity contribution in [2.75, 3.05) is 6.54 Å². The number of carbonyl (C=O) groups is 3. The molecular weight excluding hydrogens is 394 g/mol. The number of nitrogens with zero attached hydrogens (tertiary/aromatic N) is 1. The quantitative estimate of drug-likeness (QED) is 0.744. The third kappa shape index (κ3) is 3.21. The molecule has 2 unspecified atom stereocenters. The Balaban J connectivity index is 1.61. The Hall–Kier alpha value is -1.41. The minimum absolute atomic E-state index is 0.0965. The monoisotopic (exact) mass is 413 g/mol. The molecule has 4 amide bonds. The van der Waals surface area contributed by atoms with Gasteiger partial charge in [0, 0.05) is 14.7 Å². The van der Waals surface area contributed by atoms with Crippen LogP contribution < -0.4 is 10.6 Å². The molecule has 0 bridgehead atoms. The molecule has 1 saturated carbocycles.